The second kappa shape index (κ2) is 8.41. The lowest BCUT2D eigenvalue weighted by Crippen LogP contribution is -2.28. The van der Waals surface area contributed by atoms with E-state index in [4.69, 9.17) is 18.9 Å². The molecule has 3 rings (SSSR count). The molecule has 1 aliphatic rings. The molecule has 6 nitrogen and oxygen atoms in total. The summed E-state index contributed by atoms with van der Waals surface area (Å²) in [6.07, 6.45) is 6.80. The van der Waals surface area contributed by atoms with Crippen molar-refractivity contribution in [2.24, 2.45) is 0 Å². The van der Waals surface area contributed by atoms with E-state index in [9.17, 15) is 9.90 Å². The van der Waals surface area contributed by atoms with Crippen LogP contribution in [0.5, 0.6) is 23.0 Å². The normalized spacial score (nSPS) is 14.3. The molecular weight excluding hydrogens is 372 g/mol. The van der Waals surface area contributed by atoms with E-state index >= 15 is 0 Å². The van der Waals surface area contributed by atoms with Gasteiger partial charge < -0.3 is 24.1 Å². The molecule has 152 valence electrons. The molecule has 0 spiro atoms. The van der Waals surface area contributed by atoms with E-state index in [1.165, 1.54) is 19.3 Å². The van der Waals surface area contributed by atoms with Gasteiger partial charge >= 0.3 is 0 Å². The van der Waals surface area contributed by atoms with E-state index in [1.54, 1.807) is 25.3 Å². The number of methoxy groups -OCH3 is 2. The number of ketones is 1. The summed E-state index contributed by atoms with van der Waals surface area (Å²) in [6, 6.07) is 8.63. The first-order chi connectivity index (χ1) is 13.8. The number of phenols is 1. The number of hydrogen-bond donors (Lipinski definition) is 1. The Balaban J connectivity index is 1.90. The molecule has 6 heteroatoms. The van der Waals surface area contributed by atoms with Gasteiger partial charge in [-0.1, -0.05) is 18.2 Å². The van der Waals surface area contributed by atoms with Gasteiger partial charge in [0.05, 0.1) is 12.7 Å². The smallest absolute Gasteiger partial charge is 0.193 e. The second-order valence-corrected chi connectivity index (χ2v) is 7.07. The molecule has 0 radical (unpaired) electrons. The Bertz CT molecular complexity index is 954. The van der Waals surface area contributed by atoms with Gasteiger partial charge in [0.15, 0.2) is 12.6 Å². The number of carbonyl (C=O) groups excluding carboxylic acids is 1. The SMILES string of the molecule is COCOc1ccc(/C=C/C(=O)c2c(O)cc(OC)c3c2OC(C)(C)C=C3)cc1. The zero-order chi connectivity index (χ0) is 21.0. The first-order valence-electron chi connectivity index (χ1n) is 9.11. The van der Waals surface area contributed by atoms with Gasteiger partial charge in [-0.05, 0) is 49.8 Å². The molecule has 0 atom stereocenters. The summed E-state index contributed by atoms with van der Waals surface area (Å²) in [7, 11) is 3.06. The summed E-state index contributed by atoms with van der Waals surface area (Å²) in [5.74, 6) is 0.861. The van der Waals surface area contributed by atoms with Gasteiger partial charge in [0.1, 0.15) is 34.2 Å². The molecule has 2 aromatic carbocycles. The number of phenolic OH excluding ortho intramolecular Hbond substituents is 1. The van der Waals surface area contributed by atoms with Crippen molar-refractivity contribution in [3.63, 3.8) is 0 Å². The maximum Gasteiger partial charge on any atom is 0.193 e. The molecule has 0 fully saturated rings. The van der Waals surface area contributed by atoms with Crippen LogP contribution in [0.1, 0.15) is 35.3 Å². The Morgan fingerprint density at radius 2 is 1.93 bits per heavy atom. The van der Waals surface area contributed by atoms with Crippen LogP contribution in [-0.4, -0.2) is 37.5 Å². The number of rotatable bonds is 7. The van der Waals surface area contributed by atoms with E-state index in [1.807, 2.05) is 38.1 Å². The number of hydrogen-bond acceptors (Lipinski definition) is 6. The summed E-state index contributed by atoms with van der Waals surface area (Å²) in [6.45, 7) is 3.92. The lowest BCUT2D eigenvalue weighted by atomic mass is 9.96. The average molecular weight is 396 g/mol. The van der Waals surface area contributed by atoms with Gasteiger partial charge in [-0.2, -0.15) is 0 Å². The van der Waals surface area contributed by atoms with Crippen molar-refractivity contribution >= 4 is 17.9 Å². The molecule has 29 heavy (non-hydrogen) atoms. The van der Waals surface area contributed by atoms with Gasteiger partial charge in [0, 0.05) is 13.2 Å². The molecule has 1 heterocycles. The fourth-order valence-corrected chi connectivity index (χ4v) is 2.95. The van der Waals surface area contributed by atoms with Crippen molar-refractivity contribution in [3.05, 3.63) is 59.2 Å². The van der Waals surface area contributed by atoms with E-state index in [0.717, 1.165) is 5.56 Å². The highest BCUT2D eigenvalue weighted by Crippen LogP contribution is 2.44. The van der Waals surface area contributed by atoms with Gasteiger partial charge in [0.2, 0.25) is 0 Å². The molecule has 0 aromatic heterocycles. The maximum atomic E-state index is 12.9. The van der Waals surface area contributed by atoms with Crippen molar-refractivity contribution in [1.82, 2.24) is 0 Å². The summed E-state index contributed by atoms with van der Waals surface area (Å²) < 4.78 is 21.5. The predicted octanol–water partition coefficient (Wildman–Crippen LogP) is 4.46. The molecule has 0 saturated carbocycles. The van der Waals surface area contributed by atoms with E-state index < -0.39 is 5.60 Å². The zero-order valence-corrected chi connectivity index (χ0v) is 16.9. The van der Waals surface area contributed by atoms with Crippen molar-refractivity contribution in [2.75, 3.05) is 21.0 Å². The van der Waals surface area contributed by atoms with Gasteiger partial charge in [-0.3, -0.25) is 4.79 Å². The number of benzene rings is 2. The van der Waals surface area contributed by atoms with Crippen molar-refractivity contribution in [1.29, 1.82) is 0 Å². The fourth-order valence-electron chi connectivity index (χ4n) is 2.95. The Morgan fingerprint density at radius 1 is 1.21 bits per heavy atom. The highest BCUT2D eigenvalue weighted by Gasteiger charge is 2.30. The van der Waals surface area contributed by atoms with E-state index in [2.05, 4.69) is 0 Å². The van der Waals surface area contributed by atoms with Crippen molar-refractivity contribution < 1.29 is 28.8 Å². The third kappa shape index (κ3) is 4.60. The Hall–Kier alpha value is -3.25. The number of allylic oxidation sites excluding steroid dienone is 1. The van der Waals surface area contributed by atoms with Crippen LogP contribution in [0.15, 0.2) is 42.5 Å². The first-order valence-corrected chi connectivity index (χ1v) is 9.11. The molecule has 1 N–H and O–H groups in total. The molecule has 0 saturated heterocycles. The van der Waals surface area contributed by atoms with Crippen molar-refractivity contribution in [2.45, 2.75) is 19.4 Å². The average Bonchev–Trinajstić information content (AvgIpc) is 2.69. The first kappa shape index (κ1) is 20.5. The summed E-state index contributed by atoms with van der Waals surface area (Å²) in [5.41, 5.74) is 0.935. The molecular formula is C23H24O6. The van der Waals surface area contributed by atoms with Crippen LogP contribution < -0.4 is 14.2 Å². The van der Waals surface area contributed by atoms with Crippen LogP contribution >= 0.6 is 0 Å². The maximum absolute atomic E-state index is 12.9. The lowest BCUT2D eigenvalue weighted by molar-refractivity contribution is 0.0511. The van der Waals surface area contributed by atoms with Crippen LogP contribution in [0.3, 0.4) is 0 Å². The Kier molecular flexibility index (Phi) is 5.94. The molecule has 0 aliphatic carbocycles. The van der Waals surface area contributed by atoms with Crippen LogP contribution in [0.4, 0.5) is 0 Å². The van der Waals surface area contributed by atoms with Gasteiger partial charge in [0.25, 0.3) is 0 Å². The number of aromatic hydroxyl groups is 1. The van der Waals surface area contributed by atoms with Gasteiger partial charge in [-0.25, -0.2) is 0 Å². The number of ether oxygens (including phenoxy) is 4. The van der Waals surface area contributed by atoms with E-state index in [0.29, 0.717) is 22.8 Å². The largest absolute Gasteiger partial charge is 0.507 e. The third-order valence-corrected chi connectivity index (χ3v) is 4.39. The Morgan fingerprint density at radius 3 is 2.59 bits per heavy atom. The number of fused-ring (bicyclic) bond motifs is 1. The standard InChI is InChI=1S/C23H24O6/c1-23(2)12-11-17-20(27-4)13-19(25)21(22(17)29-23)18(24)10-7-15-5-8-16(9-6-15)28-14-26-3/h5-13,25H,14H2,1-4H3/b10-7+. The summed E-state index contributed by atoms with van der Waals surface area (Å²) in [5, 5.41) is 10.5. The van der Waals surface area contributed by atoms with E-state index in [-0.39, 0.29) is 23.9 Å². The quantitative estimate of drug-likeness (QED) is 0.423. The fraction of sp³-hybridized carbons (Fsp3) is 0.261. The minimum atomic E-state index is -0.609. The summed E-state index contributed by atoms with van der Waals surface area (Å²) in [4.78, 5) is 12.9. The molecule has 0 bridgehead atoms. The van der Waals surface area contributed by atoms with Crippen LogP contribution in [0.25, 0.3) is 12.2 Å². The van der Waals surface area contributed by atoms with Crippen LogP contribution in [0, 0.1) is 0 Å². The third-order valence-electron chi connectivity index (χ3n) is 4.39. The minimum Gasteiger partial charge on any atom is -0.507 e. The Labute approximate surface area is 170 Å². The topological polar surface area (TPSA) is 74.2 Å². The monoisotopic (exact) mass is 396 g/mol. The molecule has 0 unspecified atom stereocenters. The molecule has 2 aromatic rings. The van der Waals surface area contributed by atoms with Crippen LogP contribution in [0.2, 0.25) is 0 Å². The lowest BCUT2D eigenvalue weighted by Gasteiger charge is -2.30. The molecule has 1 aliphatic heterocycles. The second-order valence-electron chi connectivity index (χ2n) is 7.07. The summed E-state index contributed by atoms with van der Waals surface area (Å²) >= 11 is 0. The van der Waals surface area contributed by atoms with Gasteiger partial charge in [-0.15, -0.1) is 0 Å². The zero-order valence-electron chi connectivity index (χ0n) is 16.9. The number of carbonyl (C=O) groups is 1. The highest BCUT2D eigenvalue weighted by molar-refractivity contribution is 6.11. The highest BCUT2D eigenvalue weighted by atomic mass is 16.7. The minimum absolute atomic E-state index is 0.106. The van der Waals surface area contributed by atoms with Crippen molar-refractivity contribution in [3.8, 4) is 23.0 Å². The van der Waals surface area contributed by atoms with Crippen LogP contribution in [-0.2, 0) is 4.74 Å². The predicted molar refractivity (Wildman–Crippen MR) is 111 cm³/mol. The molecule has 0 amide bonds.